The van der Waals surface area contributed by atoms with Gasteiger partial charge in [-0.15, -0.1) is 0 Å². The van der Waals surface area contributed by atoms with E-state index in [4.69, 9.17) is 16.7 Å². The van der Waals surface area contributed by atoms with Gasteiger partial charge < -0.3 is 15.3 Å². The number of thiazole rings is 1. The van der Waals surface area contributed by atoms with Gasteiger partial charge in [-0.3, -0.25) is 14.6 Å². The van der Waals surface area contributed by atoms with Gasteiger partial charge in [0.25, 0.3) is 0 Å². The Hall–Kier alpha value is -3.07. The number of halogens is 5. The van der Waals surface area contributed by atoms with Crippen LogP contribution in [0.15, 0.2) is 24.5 Å². The molecule has 0 saturated carbocycles. The van der Waals surface area contributed by atoms with Crippen molar-refractivity contribution in [1.29, 1.82) is 0 Å². The normalized spacial score (nSPS) is 18.1. The third-order valence-corrected chi connectivity index (χ3v) is 8.88. The fraction of sp³-hybridized carbons (Fsp3) is 0.500. The van der Waals surface area contributed by atoms with Crippen LogP contribution in [0.5, 0.6) is 0 Å². The second-order valence-electron chi connectivity index (χ2n) is 10.4. The lowest BCUT2D eigenvalue weighted by atomic mass is 10.1. The highest BCUT2D eigenvalue weighted by molar-refractivity contribution is 7.16. The van der Waals surface area contributed by atoms with Crippen LogP contribution < -0.4 is 10.2 Å². The lowest BCUT2D eigenvalue weighted by Crippen LogP contribution is -2.47. The van der Waals surface area contributed by atoms with E-state index in [-0.39, 0.29) is 36.2 Å². The van der Waals surface area contributed by atoms with Crippen LogP contribution in [0.2, 0.25) is 5.02 Å². The Morgan fingerprint density at radius 3 is 2.58 bits per heavy atom. The lowest BCUT2D eigenvalue weighted by molar-refractivity contribution is -0.138. The van der Waals surface area contributed by atoms with Crippen LogP contribution in [-0.2, 0) is 17.5 Å². The van der Waals surface area contributed by atoms with E-state index in [2.05, 4.69) is 32.1 Å². The summed E-state index contributed by atoms with van der Waals surface area (Å²) in [5, 5.41) is 11.7. The fourth-order valence-electron chi connectivity index (χ4n) is 5.25. The summed E-state index contributed by atoms with van der Waals surface area (Å²) in [5.41, 5.74) is -0.308. The SMILES string of the molecule is C.C[C@@H]1CCCN1Cc1sc(Nc2ncnc(N3CCN(CCC(=O)O)CC3)c2F)nc1-c1ccc(Cl)c(C(F)(F)F)c1. The van der Waals surface area contributed by atoms with Gasteiger partial charge >= 0.3 is 12.1 Å². The first kappa shape index (κ1) is 32.8. The van der Waals surface area contributed by atoms with Crippen molar-refractivity contribution < 1.29 is 27.5 Å². The molecule has 1 aromatic carbocycles. The highest BCUT2D eigenvalue weighted by atomic mass is 35.5. The molecule has 15 heteroatoms. The Kier molecular flexibility index (Phi) is 10.5. The van der Waals surface area contributed by atoms with Crippen LogP contribution in [0.4, 0.5) is 34.3 Å². The van der Waals surface area contributed by atoms with Crippen LogP contribution in [0.3, 0.4) is 0 Å². The zero-order chi connectivity index (χ0) is 30.0. The summed E-state index contributed by atoms with van der Waals surface area (Å²) < 4.78 is 56.5. The van der Waals surface area contributed by atoms with Gasteiger partial charge in [0.05, 0.1) is 22.7 Å². The molecule has 9 nitrogen and oxygen atoms in total. The first-order chi connectivity index (χ1) is 20.0. The van der Waals surface area contributed by atoms with Crippen LogP contribution in [0.1, 0.15) is 44.1 Å². The molecule has 0 bridgehead atoms. The topological polar surface area (TPSA) is 97.7 Å². The lowest BCUT2D eigenvalue weighted by Gasteiger charge is -2.35. The third-order valence-electron chi connectivity index (χ3n) is 7.59. The molecule has 0 unspecified atom stereocenters. The number of carboxylic acid groups (broad SMARTS) is 1. The Bertz CT molecular complexity index is 1430. The van der Waals surface area contributed by atoms with Crippen molar-refractivity contribution in [3.63, 3.8) is 0 Å². The van der Waals surface area contributed by atoms with Crippen molar-refractivity contribution in [3.8, 4) is 11.3 Å². The molecule has 0 aliphatic carbocycles. The van der Waals surface area contributed by atoms with E-state index in [1.807, 2.05) is 4.90 Å². The van der Waals surface area contributed by atoms with Crippen molar-refractivity contribution in [2.75, 3.05) is 49.5 Å². The maximum absolute atomic E-state index is 15.6. The maximum Gasteiger partial charge on any atom is 0.417 e. The summed E-state index contributed by atoms with van der Waals surface area (Å²) in [7, 11) is 0. The molecule has 4 heterocycles. The van der Waals surface area contributed by atoms with Gasteiger partial charge in [0, 0.05) is 55.8 Å². The number of nitrogens with one attached hydrogen (secondary N) is 1. The summed E-state index contributed by atoms with van der Waals surface area (Å²) in [6.45, 7) is 5.94. The Morgan fingerprint density at radius 1 is 1.19 bits per heavy atom. The van der Waals surface area contributed by atoms with Crippen molar-refractivity contribution in [1.82, 2.24) is 24.8 Å². The first-order valence-corrected chi connectivity index (χ1v) is 14.8. The summed E-state index contributed by atoms with van der Waals surface area (Å²) in [6.07, 6.45) is -1.29. The zero-order valence-electron chi connectivity index (χ0n) is 22.8. The number of hydrogen-bond acceptors (Lipinski definition) is 9. The van der Waals surface area contributed by atoms with Gasteiger partial charge in [0.2, 0.25) is 5.82 Å². The minimum Gasteiger partial charge on any atom is -0.481 e. The molecule has 2 fully saturated rings. The molecule has 0 amide bonds. The van der Waals surface area contributed by atoms with Gasteiger partial charge in [0.15, 0.2) is 16.8 Å². The molecule has 0 radical (unpaired) electrons. The van der Waals surface area contributed by atoms with Crippen molar-refractivity contribution in [2.45, 2.75) is 52.4 Å². The molecule has 1 atom stereocenters. The smallest absolute Gasteiger partial charge is 0.417 e. The number of hydrogen-bond donors (Lipinski definition) is 2. The Morgan fingerprint density at radius 2 is 1.93 bits per heavy atom. The number of nitrogens with zero attached hydrogens (tertiary/aromatic N) is 6. The number of likely N-dealkylation sites (tertiary alicyclic amines) is 1. The summed E-state index contributed by atoms with van der Waals surface area (Å²) in [6, 6.07) is 4.04. The molecule has 43 heavy (non-hydrogen) atoms. The van der Waals surface area contributed by atoms with Crippen LogP contribution in [0, 0.1) is 5.82 Å². The highest BCUT2D eigenvalue weighted by Gasteiger charge is 2.34. The van der Waals surface area contributed by atoms with E-state index in [0.717, 1.165) is 30.3 Å². The van der Waals surface area contributed by atoms with Gasteiger partial charge in [-0.2, -0.15) is 17.6 Å². The number of carbonyl (C=O) groups is 1. The second kappa shape index (κ2) is 13.7. The van der Waals surface area contributed by atoms with E-state index in [9.17, 15) is 18.0 Å². The average Bonchev–Trinajstić information content (AvgIpc) is 3.54. The number of anilines is 3. The molecule has 5 rings (SSSR count). The molecule has 2 aliphatic rings. The summed E-state index contributed by atoms with van der Waals surface area (Å²) in [5.74, 6) is -1.52. The molecule has 0 spiro atoms. The zero-order valence-corrected chi connectivity index (χ0v) is 24.4. The van der Waals surface area contributed by atoms with Crippen LogP contribution in [0.25, 0.3) is 11.3 Å². The third kappa shape index (κ3) is 7.72. The predicted octanol–water partition coefficient (Wildman–Crippen LogP) is 6.37. The van der Waals surface area contributed by atoms with Crippen molar-refractivity contribution >= 4 is 45.7 Å². The molecule has 2 aromatic heterocycles. The number of alkyl halides is 3. The number of aromatic nitrogens is 3. The van der Waals surface area contributed by atoms with E-state index in [0.29, 0.717) is 51.0 Å². The van der Waals surface area contributed by atoms with Gasteiger partial charge in [-0.25, -0.2) is 15.0 Å². The second-order valence-corrected chi connectivity index (χ2v) is 11.9. The first-order valence-electron chi connectivity index (χ1n) is 13.6. The van der Waals surface area contributed by atoms with Crippen molar-refractivity contribution in [3.05, 3.63) is 45.8 Å². The minimum atomic E-state index is -4.63. The predicted molar refractivity (Wildman–Crippen MR) is 160 cm³/mol. The quantitative estimate of drug-likeness (QED) is 0.258. The molecular weight excluding hydrogens is 610 g/mol. The van der Waals surface area contributed by atoms with Crippen molar-refractivity contribution in [2.24, 2.45) is 0 Å². The number of benzene rings is 1. The Balaban J connectivity index is 0.00000423. The van der Waals surface area contributed by atoms with E-state index >= 15 is 4.39 Å². The molecule has 234 valence electrons. The molecule has 2 N–H and O–H groups in total. The summed E-state index contributed by atoms with van der Waals surface area (Å²) >= 11 is 7.11. The summed E-state index contributed by atoms with van der Waals surface area (Å²) in [4.78, 5) is 30.4. The van der Waals surface area contributed by atoms with E-state index < -0.39 is 28.5 Å². The highest BCUT2D eigenvalue weighted by Crippen LogP contribution is 2.40. The van der Waals surface area contributed by atoms with Gasteiger partial charge in [-0.1, -0.05) is 36.4 Å². The molecular formula is C28H34ClF4N7O2S. The standard InChI is InChI=1S/C27H30ClF4N7O2S.CH4/c1-16-3-2-7-39(16)14-20-23(17-4-5-19(28)18(13-17)27(30,31)32)35-26(42-20)36-24-22(29)25(34-15-33-24)38-11-9-37(10-12-38)8-6-21(40)41;/h4-5,13,15-16H,2-3,6-12,14H2,1H3,(H,40,41)(H,33,34,35,36);1H4/t16-;/m1./s1. The minimum absolute atomic E-state index is 0. The molecule has 2 aliphatic heterocycles. The van der Waals surface area contributed by atoms with E-state index in [1.54, 1.807) is 4.90 Å². The monoisotopic (exact) mass is 643 g/mol. The van der Waals surface area contributed by atoms with Gasteiger partial charge in [0.1, 0.15) is 6.33 Å². The maximum atomic E-state index is 15.6. The molecule has 3 aromatic rings. The van der Waals surface area contributed by atoms with E-state index in [1.165, 1.54) is 29.8 Å². The average molecular weight is 644 g/mol. The Labute approximate surface area is 256 Å². The number of aliphatic carboxylic acids is 1. The van der Waals surface area contributed by atoms with Crippen LogP contribution in [-0.4, -0.2) is 81.1 Å². The fourth-order valence-corrected chi connectivity index (χ4v) is 6.48. The molecule has 2 saturated heterocycles. The van der Waals surface area contributed by atoms with Gasteiger partial charge in [-0.05, 0) is 38.4 Å². The largest absolute Gasteiger partial charge is 0.481 e. The number of piperazine rings is 1. The van der Waals surface area contributed by atoms with Crippen LogP contribution >= 0.6 is 22.9 Å². The number of rotatable bonds is 9. The number of carboxylic acids is 1.